The first-order valence-corrected chi connectivity index (χ1v) is 8.14. The number of anilines is 1. The Bertz CT molecular complexity index is 727. The highest BCUT2D eigenvalue weighted by atomic mass is 16.5. The third-order valence-electron chi connectivity index (χ3n) is 4.02. The number of aryl methyl sites for hydroxylation is 2. The van der Waals surface area contributed by atoms with Crippen molar-refractivity contribution in [3.63, 3.8) is 0 Å². The quantitative estimate of drug-likeness (QED) is 0.929. The molecule has 0 spiro atoms. The number of nitrogens with zero attached hydrogens (tertiary/aromatic N) is 3. The molecule has 0 saturated carbocycles. The Hall–Kier alpha value is -2.47. The highest BCUT2D eigenvalue weighted by Crippen LogP contribution is 2.14. The van der Waals surface area contributed by atoms with E-state index in [0.29, 0.717) is 31.1 Å². The molecule has 1 aliphatic rings. The number of carbonyl (C=O) groups is 1. The molecule has 1 aromatic carbocycles. The highest BCUT2D eigenvalue weighted by molar-refractivity contribution is 5.95. The van der Waals surface area contributed by atoms with Gasteiger partial charge in [-0.2, -0.15) is 0 Å². The van der Waals surface area contributed by atoms with Gasteiger partial charge >= 0.3 is 0 Å². The van der Waals surface area contributed by atoms with Crippen molar-refractivity contribution in [3.8, 4) is 0 Å². The largest absolute Gasteiger partial charge is 0.378 e. The SMILES string of the molecule is Cc1cc(N2CCOCC2)nc(CNC(=O)c2ccccc2C)n1. The maximum absolute atomic E-state index is 12.3. The summed E-state index contributed by atoms with van der Waals surface area (Å²) < 4.78 is 5.38. The van der Waals surface area contributed by atoms with Crippen molar-refractivity contribution >= 4 is 11.7 Å². The molecule has 1 aromatic heterocycles. The van der Waals surface area contributed by atoms with Crippen LogP contribution in [0, 0.1) is 13.8 Å². The minimum Gasteiger partial charge on any atom is -0.378 e. The molecular formula is C18H22N4O2. The van der Waals surface area contributed by atoms with Gasteiger partial charge in [0.2, 0.25) is 0 Å². The maximum Gasteiger partial charge on any atom is 0.251 e. The van der Waals surface area contributed by atoms with Gasteiger partial charge in [0.05, 0.1) is 19.8 Å². The molecule has 0 radical (unpaired) electrons. The van der Waals surface area contributed by atoms with E-state index in [0.717, 1.165) is 30.2 Å². The normalized spacial score (nSPS) is 14.5. The van der Waals surface area contributed by atoms with E-state index in [4.69, 9.17) is 4.74 Å². The van der Waals surface area contributed by atoms with E-state index in [9.17, 15) is 4.79 Å². The van der Waals surface area contributed by atoms with Crippen molar-refractivity contribution in [1.82, 2.24) is 15.3 Å². The van der Waals surface area contributed by atoms with Gasteiger partial charge < -0.3 is 15.0 Å². The zero-order valence-electron chi connectivity index (χ0n) is 14.1. The maximum atomic E-state index is 12.3. The Morgan fingerprint density at radius 1 is 1.21 bits per heavy atom. The molecule has 1 saturated heterocycles. The van der Waals surface area contributed by atoms with Crippen LogP contribution in [-0.4, -0.2) is 42.2 Å². The van der Waals surface area contributed by atoms with Crippen LogP contribution in [0.3, 0.4) is 0 Å². The van der Waals surface area contributed by atoms with E-state index < -0.39 is 0 Å². The van der Waals surface area contributed by atoms with Crippen LogP contribution in [0.4, 0.5) is 5.82 Å². The summed E-state index contributed by atoms with van der Waals surface area (Å²) >= 11 is 0. The fraction of sp³-hybridized carbons (Fsp3) is 0.389. The minimum absolute atomic E-state index is 0.105. The summed E-state index contributed by atoms with van der Waals surface area (Å²) in [7, 11) is 0. The highest BCUT2D eigenvalue weighted by Gasteiger charge is 2.15. The average molecular weight is 326 g/mol. The number of aromatic nitrogens is 2. The summed E-state index contributed by atoms with van der Waals surface area (Å²) in [6.07, 6.45) is 0. The van der Waals surface area contributed by atoms with Gasteiger partial charge in [0.15, 0.2) is 0 Å². The van der Waals surface area contributed by atoms with Crippen molar-refractivity contribution in [2.24, 2.45) is 0 Å². The van der Waals surface area contributed by atoms with E-state index in [1.54, 1.807) is 0 Å². The van der Waals surface area contributed by atoms with Gasteiger partial charge in [-0.05, 0) is 25.5 Å². The first kappa shape index (κ1) is 16.4. The molecule has 1 amide bonds. The molecule has 2 heterocycles. The van der Waals surface area contributed by atoms with Crippen LogP contribution in [0.25, 0.3) is 0 Å². The topological polar surface area (TPSA) is 67.3 Å². The van der Waals surface area contributed by atoms with Crippen LogP contribution in [0.1, 0.15) is 27.4 Å². The lowest BCUT2D eigenvalue weighted by Crippen LogP contribution is -2.37. The van der Waals surface area contributed by atoms with Crippen LogP contribution >= 0.6 is 0 Å². The molecule has 0 aliphatic carbocycles. The molecule has 6 heteroatoms. The fourth-order valence-corrected chi connectivity index (χ4v) is 2.73. The number of hydrogen-bond acceptors (Lipinski definition) is 5. The van der Waals surface area contributed by atoms with Crippen LogP contribution in [0.5, 0.6) is 0 Å². The lowest BCUT2D eigenvalue weighted by atomic mass is 10.1. The van der Waals surface area contributed by atoms with Crippen molar-refractivity contribution in [2.45, 2.75) is 20.4 Å². The Balaban J connectivity index is 1.70. The summed E-state index contributed by atoms with van der Waals surface area (Å²) in [5, 5.41) is 2.91. The minimum atomic E-state index is -0.105. The number of morpholine rings is 1. The smallest absolute Gasteiger partial charge is 0.251 e. The molecule has 1 aliphatic heterocycles. The van der Waals surface area contributed by atoms with Crippen molar-refractivity contribution in [2.75, 3.05) is 31.2 Å². The van der Waals surface area contributed by atoms with Crippen molar-refractivity contribution < 1.29 is 9.53 Å². The second-order valence-corrected chi connectivity index (χ2v) is 5.88. The summed E-state index contributed by atoms with van der Waals surface area (Å²) in [6.45, 7) is 7.25. The molecule has 24 heavy (non-hydrogen) atoms. The Labute approximate surface area is 141 Å². The van der Waals surface area contributed by atoms with Gasteiger partial charge in [0.25, 0.3) is 5.91 Å². The Morgan fingerprint density at radius 3 is 2.71 bits per heavy atom. The van der Waals surface area contributed by atoms with Crippen LogP contribution in [0.15, 0.2) is 30.3 Å². The lowest BCUT2D eigenvalue weighted by molar-refractivity contribution is 0.0949. The van der Waals surface area contributed by atoms with Crippen LogP contribution in [-0.2, 0) is 11.3 Å². The first-order valence-electron chi connectivity index (χ1n) is 8.14. The third-order valence-corrected chi connectivity index (χ3v) is 4.02. The molecule has 0 atom stereocenters. The number of nitrogens with one attached hydrogen (secondary N) is 1. The predicted molar refractivity (Wildman–Crippen MR) is 92.2 cm³/mol. The second-order valence-electron chi connectivity index (χ2n) is 5.88. The fourth-order valence-electron chi connectivity index (χ4n) is 2.73. The van der Waals surface area contributed by atoms with Crippen LogP contribution in [0.2, 0.25) is 0 Å². The van der Waals surface area contributed by atoms with Crippen LogP contribution < -0.4 is 10.2 Å². The summed E-state index contributed by atoms with van der Waals surface area (Å²) in [5.74, 6) is 1.41. The number of amides is 1. The summed E-state index contributed by atoms with van der Waals surface area (Å²) in [4.78, 5) is 23.5. The van der Waals surface area contributed by atoms with Gasteiger partial charge in [-0.1, -0.05) is 18.2 Å². The zero-order chi connectivity index (χ0) is 16.9. The van der Waals surface area contributed by atoms with Gasteiger partial charge in [-0.15, -0.1) is 0 Å². The van der Waals surface area contributed by atoms with E-state index in [-0.39, 0.29) is 5.91 Å². The summed E-state index contributed by atoms with van der Waals surface area (Å²) in [5.41, 5.74) is 2.53. The molecule has 1 N–H and O–H groups in total. The number of rotatable bonds is 4. The number of benzene rings is 1. The first-order chi connectivity index (χ1) is 11.6. The van der Waals surface area contributed by atoms with Crippen molar-refractivity contribution in [1.29, 1.82) is 0 Å². The molecule has 2 aromatic rings. The van der Waals surface area contributed by atoms with Gasteiger partial charge in [0.1, 0.15) is 11.6 Å². The van der Waals surface area contributed by atoms with Gasteiger partial charge in [0, 0.05) is 30.4 Å². The summed E-state index contributed by atoms with van der Waals surface area (Å²) in [6, 6.07) is 9.50. The molecule has 126 valence electrons. The van der Waals surface area contributed by atoms with E-state index in [2.05, 4.69) is 20.2 Å². The predicted octanol–water partition coefficient (Wildman–Crippen LogP) is 1.86. The average Bonchev–Trinajstić information content (AvgIpc) is 2.60. The lowest BCUT2D eigenvalue weighted by Gasteiger charge is -2.28. The Kier molecular flexibility index (Phi) is 5.05. The monoisotopic (exact) mass is 326 g/mol. The molecule has 1 fully saturated rings. The van der Waals surface area contributed by atoms with E-state index in [1.807, 2.05) is 44.2 Å². The number of ether oxygens (including phenoxy) is 1. The zero-order valence-corrected chi connectivity index (χ0v) is 14.1. The van der Waals surface area contributed by atoms with Gasteiger partial charge in [-0.25, -0.2) is 9.97 Å². The van der Waals surface area contributed by atoms with Crippen molar-refractivity contribution in [3.05, 3.63) is 53.0 Å². The van der Waals surface area contributed by atoms with E-state index >= 15 is 0 Å². The molecule has 0 bridgehead atoms. The standard InChI is InChI=1S/C18H22N4O2/c1-13-5-3-4-6-15(13)18(23)19-12-16-20-14(2)11-17(21-16)22-7-9-24-10-8-22/h3-6,11H,7-10,12H2,1-2H3,(H,19,23). The van der Waals surface area contributed by atoms with E-state index in [1.165, 1.54) is 0 Å². The van der Waals surface area contributed by atoms with Gasteiger partial charge in [-0.3, -0.25) is 4.79 Å². The number of hydrogen-bond donors (Lipinski definition) is 1. The number of carbonyl (C=O) groups excluding carboxylic acids is 1. The second kappa shape index (κ2) is 7.40. The molecular weight excluding hydrogens is 304 g/mol. The molecule has 6 nitrogen and oxygen atoms in total. The Morgan fingerprint density at radius 2 is 1.96 bits per heavy atom. The molecule has 3 rings (SSSR count). The molecule has 0 unspecified atom stereocenters. The third kappa shape index (κ3) is 3.89.